The van der Waals surface area contributed by atoms with Crippen LogP contribution in [0.2, 0.25) is 0 Å². The van der Waals surface area contributed by atoms with E-state index < -0.39 is 10.0 Å². The fraction of sp³-hybridized carbons (Fsp3) is 0.357. The van der Waals surface area contributed by atoms with Crippen molar-refractivity contribution in [1.82, 2.24) is 9.21 Å². The average molecular weight is 544 g/mol. The molecule has 34 heavy (non-hydrogen) atoms. The van der Waals surface area contributed by atoms with Crippen molar-refractivity contribution in [3.05, 3.63) is 99.5 Å². The van der Waals surface area contributed by atoms with Crippen LogP contribution in [0.5, 0.6) is 0 Å². The Morgan fingerprint density at radius 2 is 1.38 bits per heavy atom. The van der Waals surface area contributed by atoms with E-state index in [9.17, 15) is 8.42 Å². The quantitative estimate of drug-likeness (QED) is 0.243. The van der Waals surface area contributed by atoms with Gasteiger partial charge in [-0.3, -0.25) is 4.90 Å². The molecule has 0 heterocycles. The first kappa shape index (κ1) is 26.6. The van der Waals surface area contributed by atoms with Crippen LogP contribution in [-0.2, 0) is 23.1 Å². The average Bonchev–Trinajstić information content (AvgIpc) is 2.80. The smallest absolute Gasteiger partial charge is 0.243 e. The molecule has 0 bridgehead atoms. The second-order valence-corrected chi connectivity index (χ2v) is 11.7. The van der Waals surface area contributed by atoms with E-state index in [2.05, 4.69) is 84.1 Å². The summed E-state index contributed by atoms with van der Waals surface area (Å²) in [5, 5.41) is 0. The minimum absolute atomic E-state index is 0.333. The van der Waals surface area contributed by atoms with Gasteiger partial charge in [-0.25, -0.2) is 8.42 Å². The number of halogens is 1. The number of rotatable bonds is 12. The van der Waals surface area contributed by atoms with Crippen LogP contribution in [0.15, 0.2) is 82.2 Å². The molecule has 0 aromatic heterocycles. The van der Waals surface area contributed by atoms with E-state index >= 15 is 0 Å². The number of benzene rings is 3. The summed E-state index contributed by atoms with van der Waals surface area (Å²) in [5.74, 6) is 0. The molecule has 6 heteroatoms. The summed E-state index contributed by atoms with van der Waals surface area (Å²) in [6, 6.07) is 23.7. The lowest BCUT2D eigenvalue weighted by atomic mass is 10.1. The third kappa shape index (κ3) is 7.77. The summed E-state index contributed by atoms with van der Waals surface area (Å²) in [6.07, 6.45) is 1.76. The molecule has 0 spiro atoms. The normalized spacial score (nSPS) is 11.9. The topological polar surface area (TPSA) is 40.6 Å². The number of hydrogen-bond acceptors (Lipinski definition) is 3. The van der Waals surface area contributed by atoms with Gasteiger partial charge in [-0.2, -0.15) is 4.31 Å². The van der Waals surface area contributed by atoms with Crippen LogP contribution in [0.3, 0.4) is 0 Å². The monoisotopic (exact) mass is 542 g/mol. The zero-order valence-electron chi connectivity index (χ0n) is 20.4. The van der Waals surface area contributed by atoms with Gasteiger partial charge in [-0.05, 0) is 75.2 Å². The summed E-state index contributed by atoms with van der Waals surface area (Å²) in [6.45, 7) is 9.98. The molecule has 0 fully saturated rings. The summed E-state index contributed by atoms with van der Waals surface area (Å²) in [7, 11) is -3.60. The number of aryl methyl sites for hydroxylation is 2. The van der Waals surface area contributed by atoms with Crippen molar-refractivity contribution >= 4 is 26.0 Å². The van der Waals surface area contributed by atoms with Crippen molar-refractivity contribution in [1.29, 1.82) is 0 Å². The molecule has 0 aliphatic carbocycles. The predicted molar refractivity (Wildman–Crippen MR) is 144 cm³/mol. The Balaban J connectivity index is 1.69. The zero-order chi connectivity index (χ0) is 24.6. The highest BCUT2D eigenvalue weighted by Crippen LogP contribution is 2.22. The van der Waals surface area contributed by atoms with Crippen LogP contribution in [-0.4, -0.2) is 37.3 Å². The standard InChI is InChI=1S/C28H35BrN2O2S/c1-4-30(21-25-10-6-5-7-11-25)16-8-9-17-31(22-26-19-23(2)18-24(3)20-26)34(32,33)28-14-12-27(29)13-15-28/h5-7,10-15,18-20H,4,8-9,16-17,21-22H2,1-3H3. The molecule has 0 radical (unpaired) electrons. The van der Waals surface area contributed by atoms with Gasteiger partial charge in [0.1, 0.15) is 0 Å². The maximum Gasteiger partial charge on any atom is 0.243 e. The van der Waals surface area contributed by atoms with Crippen molar-refractivity contribution in [2.75, 3.05) is 19.6 Å². The van der Waals surface area contributed by atoms with Crippen molar-refractivity contribution in [2.24, 2.45) is 0 Å². The Kier molecular flexibility index (Phi) is 9.89. The lowest BCUT2D eigenvalue weighted by molar-refractivity contribution is 0.268. The Morgan fingerprint density at radius 1 is 0.765 bits per heavy atom. The highest BCUT2D eigenvalue weighted by atomic mass is 79.9. The van der Waals surface area contributed by atoms with Gasteiger partial charge in [0.2, 0.25) is 10.0 Å². The molecule has 3 aromatic carbocycles. The van der Waals surface area contributed by atoms with E-state index in [-0.39, 0.29) is 0 Å². The number of unbranched alkanes of at least 4 members (excludes halogenated alkanes) is 1. The van der Waals surface area contributed by atoms with Crippen molar-refractivity contribution in [2.45, 2.75) is 51.6 Å². The SMILES string of the molecule is CCN(CCCCN(Cc1cc(C)cc(C)c1)S(=O)(=O)c1ccc(Br)cc1)Cc1ccccc1. The molecular weight excluding hydrogens is 508 g/mol. The highest BCUT2D eigenvalue weighted by Gasteiger charge is 2.24. The lowest BCUT2D eigenvalue weighted by Gasteiger charge is -2.24. The number of sulfonamides is 1. The molecule has 4 nitrogen and oxygen atoms in total. The summed E-state index contributed by atoms with van der Waals surface area (Å²) < 4.78 is 29.6. The summed E-state index contributed by atoms with van der Waals surface area (Å²) in [5.41, 5.74) is 4.63. The zero-order valence-corrected chi connectivity index (χ0v) is 22.8. The number of hydrogen-bond donors (Lipinski definition) is 0. The molecule has 3 aromatic rings. The Hall–Kier alpha value is -1.99. The van der Waals surface area contributed by atoms with Gasteiger partial charge in [0.15, 0.2) is 0 Å². The van der Waals surface area contributed by atoms with Crippen LogP contribution < -0.4 is 0 Å². The molecule has 182 valence electrons. The third-order valence-corrected chi connectivity index (χ3v) is 8.31. The molecule has 0 saturated heterocycles. The summed E-state index contributed by atoms with van der Waals surface area (Å²) in [4.78, 5) is 2.74. The molecule has 0 saturated carbocycles. The van der Waals surface area contributed by atoms with Crippen LogP contribution in [0.25, 0.3) is 0 Å². The van der Waals surface area contributed by atoms with E-state index in [0.717, 1.165) is 53.6 Å². The molecule has 0 aliphatic heterocycles. The first-order chi connectivity index (χ1) is 16.3. The van der Waals surface area contributed by atoms with E-state index in [1.54, 1.807) is 28.6 Å². The molecule has 0 aliphatic rings. The van der Waals surface area contributed by atoms with E-state index in [0.29, 0.717) is 18.0 Å². The van der Waals surface area contributed by atoms with Gasteiger partial charge in [0, 0.05) is 24.1 Å². The van der Waals surface area contributed by atoms with Crippen LogP contribution >= 0.6 is 15.9 Å². The largest absolute Gasteiger partial charge is 0.299 e. The summed E-state index contributed by atoms with van der Waals surface area (Å²) >= 11 is 3.40. The Labute approximate surface area is 213 Å². The van der Waals surface area contributed by atoms with Crippen LogP contribution in [0.4, 0.5) is 0 Å². The van der Waals surface area contributed by atoms with Gasteiger partial charge in [-0.15, -0.1) is 0 Å². The maximum atomic E-state index is 13.5. The minimum Gasteiger partial charge on any atom is -0.299 e. The minimum atomic E-state index is -3.60. The van der Waals surface area contributed by atoms with Gasteiger partial charge in [0.05, 0.1) is 4.90 Å². The van der Waals surface area contributed by atoms with E-state index in [1.807, 2.05) is 6.07 Å². The first-order valence-corrected chi connectivity index (χ1v) is 14.1. The predicted octanol–water partition coefficient (Wildman–Crippen LogP) is 6.56. The fourth-order valence-electron chi connectivity index (χ4n) is 4.22. The van der Waals surface area contributed by atoms with Crippen molar-refractivity contribution in [3.8, 4) is 0 Å². The molecule has 0 unspecified atom stereocenters. The van der Waals surface area contributed by atoms with Crippen LogP contribution in [0, 0.1) is 13.8 Å². The molecule has 0 amide bonds. The molecule has 0 N–H and O–H groups in total. The van der Waals surface area contributed by atoms with Gasteiger partial charge >= 0.3 is 0 Å². The molecular formula is C28H35BrN2O2S. The lowest BCUT2D eigenvalue weighted by Crippen LogP contribution is -2.32. The highest BCUT2D eigenvalue weighted by molar-refractivity contribution is 9.10. The van der Waals surface area contributed by atoms with Gasteiger partial charge < -0.3 is 0 Å². The van der Waals surface area contributed by atoms with Gasteiger partial charge in [-0.1, -0.05) is 82.5 Å². The third-order valence-electron chi connectivity index (χ3n) is 5.92. The van der Waals surface area contributed by atoms with Crippen molar-refractivity contribution in [3.63, 3.8) is 0 Å². The maximum absolute atomic E-state index is 13.5. The number of nitrogens with zero attached hydrogens (tertiary/aromatic N) is 2. The first-order valence-electron chi connectivity index (χ1n) is 11.9. The van der Waals surface area contributed by atoms with Crippen LogP contribution in [0.1, 0.15) is 42.0 Å². The Morgan fingerprint density at radius 3 is 2.00 bits per heavy atom. The second-order valence-electron chi connectivity index (χ2n) is 8.85. The van der Waals surface area contributed by atoms with E-state index in [1.165, 1.54) is 5.56 Å². The fourth-order valence-corrected chi connectivity index (χ4v) is 5.95. The Bertz CT molecular complexity index is 1130. The van der Waals surface area contributed by atoms with Crippen molar-refractivity contribution < 1.29 is 8.42 Å². The molecule has 0 atom stereocenters. The van der Waals surface area contributed by atoms with E-state index in [4.69, 9.17) is 0 Å². The molecule has 3 rings (SSSR count). The van der Waals surface area contributed by atoms with Gasteiger partial charge in [0.25, 0.3) is 0 Å². The second kappa shape index (κ2) is 12.6.